The average Bonchev–Trinajstić information content (AvgIpc) is 2.26. The number of nitrogens with one attached hydrogen (secondary N) is 1. The Balaban J connectivity index is 2.17. The fraction of sp³-hybridized carbons (Fsp3) is 0.583. The number of aliphatic hydroxyl groups is 1. The van der Waals surface area contributed by atoms with Gasteiger partial charge in [-0.15, -0.1) is 0 Å². The molecule has 0 saturated carbocycles. The Kier molecular flexibility index (Phi) is 5.80. The molecule has 1 atom stereocenters. The van der Waals surface area contributed by atoms with Gasteiger partial charge >= 0.3 is 0 Å². The lowest BCUT2D eigenvalue weighted by Gasteiger charge is -2.22. The standard InChI is InChI=1S/C12H20N2OS/c1-12(15,10-16-2)9-14-7-5-11-4-3-6-13-8-11/h3-4,6,8,14-15H,5,7,9-10H2,1-2H3. The number of hydrogen-bond acceptors (Lipinski definition) is 4. The number of thioether (sulfide) groups is 1. The van der Waals surface area contributed by atoms with E-state index < -0.39 is 5.60 Å². The first-order chi connectivity index (χ1) is 7.64. The van der Waals surface area contributed by atoms with Gasteiger partial charge in [0, 0.05) is 24.7 Å². The second-order valence-corrected chi connectivity index (χ2v) is 5.08. The van der Waals surface area contributed by atoms with Crippen LogP contribution in [0.4, 0.5) is 0 Å². The van der Waals surface area contributed by atoms with Crippen LogP contribution in [0.5, 0.6) is 0 Å². The highest BCUT2D eigenvalue weighted by atomic mass is 32.2. The zero-order valence-electron chi connectivity index (χ0n) is 9.94. The SMILES string of the molecule is CSCC(C)(O)CNCCc1cccnc1. The van der Waals surface area contributed by atoms with Crippen molar-refractivity contribution < 1.29 is 5.11 Å². The highest BCUT2D eigenvalue weighted by molar-refractivity contribution is 7.98. The van der Waals surface area contributed by atoms with Crippen LogP contribution in [0.3, 0.4) is 0 Å². The van der Waals surface area contributed by atoms with Crippen LogP contribution in [-0.4, -0.2) is 40.8 Å². The topological polar surface area (TPSA) is 45.1 Å². The predicted octanol–water partition coefficient (Wildman–Crippen LogP) is 1.33. The number of hydrogen-bond donors (Lipinski definition) is 2. The van der Waals surface area contributed by atoms with Crippen LogP contribution in [-0.2, 0) is 6.42 Å². The lowest BCUT2D eigenvalue weighted by atomic mass is 10.1. The third-order valence-electron chi connectivity index (χ3n) is 2.27. The number of nitrogens with zero attached hydrogens (tertiary/aromatic N) is 1. The number of aromatic nitrogens is 1. The molecule has 1 unspecified atom stereocenters. The van der Waals surface area contributed by atoms with Crippen molar-refractivity contribution in [2.75, 3.05) is 25.1 Å². The Morgan fingerprint density at radius 1 is 1.56 bits per heavy atom. The second kappa shape index (κ2) is 6.89. The van der Waals surface area contributed by atoms with Crippen molar-refractivity contribution >= 4 is 11.8 Å². The van der Waals surface area contributed by atoms with Crippen LogP contribution in [0.15, 0.2) is 24.5 Å². The van der Waals surface area contributed by atoms with Gasteiger partial charge in [0.15, 0.2) is 0 Å². The summed E-state index contributed by atoms with van der Waals surface area (Å²) < 4.78 is 0. The molecule has 0 radical (unpaired) electrons. The minimum absolute atomic E-state index is 0.617. The van der Waals surface area contributed by atoms with Crippen molar-refractivity contribution in [1.82, 2.24) is 10.3 Å². The van der Waals surface area contributed by atoms with E-state index >= 15 is 0 Å². The van der Waals surface area contributed by atoms with E-state index in [-0.39, 0.29) is 0 Å². The van der Waals surface area contributed by atoms with Gasteiger partial charge in [-0.2, -0.15) is 11.8 Å². The largest absolute Gasteiger partial charge is 0.388 e. The summed E-state index contributed by atoms with van der Waals surface area (Å²) in [5.41, 5.74) is 0.605. The molecule has 1 rings (SSSR count). The molecule has 2 N–H and O–H groups in total. The Bertz CT molecular complexity index is 290. The fourth-order valence-corrected chi connectivity index (χ4v) is 2.22. The van der Waals surface area contributed by atoms with Gasteiger partial charge in [0.25, 0.3) is 0 Å². The fourth-order valence-electron chi connectivity index (χ4n) is 1.50. The van der Waals surface area contributed by atoms with Gasteiger partial charge in [0.1, 0.15) is 0 Å². The summed E-state index contributed by atoms with van der Waals surface area (Å²) in [4.78, 5) is 4.06. The summed E-state index contributed by atoms with van der Waals surface area (Å²) >= 11 is 1.66. The van der Waals surface area contributed by atoms with E-state index in [2.05, 4.69) is 16.4 Å². The predicted molar refractivity (Wildman–Crippen MR) is 69.8 cm³/mol. The van der Waals surface area contributed by atoms with E-state index in [4.69, 9.17) is 0 Å². The molecule has 1 aromatic heterocycles. The van der Waals surface area contributed by atoms with Crippen LogP contribution in [0.25, 0.3) is 0 Å². The van der Waals surface area contributed by atoms with Crippen molar-refractivity contribution in [2.24, 2.45) is 0 Å². The molecule has 4 heteroatoms. The monoisotopic (exact) mass is 240 g/mol. The molecule has 0 amide bonds. The van der Waals surface area contributed by atoms with Gasteiger partial charge < -0.3 is 10.4 Å². The molecular weight excluding hydrogens is 220 g/mol. The van der Waals surface area contributed by atoms with Crippen LogP contribution in [0, 0.1) is 0 Å². The molecular formula is C12H20N2OS. The zero-order valence-corrected chi connectivity index (χ0v) is 10.8. The average molecular weight is 240 g/mol. The van der Waals surface area contributed by atoms with Crippen molar-refractivity contribution in [3.05, 3.63) is 30.1 Å². The van der Waals surface area contributed by atoms with Crippen LogP contribution >= 0.6 is 11.8 Å². The molecule has 0 bridgehead atoms. The van der Waals surface area contributed by atoms with E-state index in [1.807, 2.05) is 25.4 Å². The molecule has 1 aromatic rings. The first kappa shape index (κ1) is 13.5. The molecule has 90 valence electrons. The molecule has 0 spiro atoms. The maximum Gasteiger partial charge on any atom is 0.0833 e. The second-order valence-electron chi connectivity index (χ2n) is 4.22. The third kappa shape index (κ3) is 5.49. The summed E-state index contributed by atoms with van der Waals surface area (Å²) in [6.45, 7) is 3.37. The molecule has 0 fully saturated rings. The van der Waals surface area contributed by atoms with Gasteiger partial charge in [-0.25, -0.2) is 0 Å². The van der Waals surface area contributed by atoms with Crippen LogP contribution < -0.4 is 5.32 Å². The van der Waals surface area contributed by atoms with E-state index in [1.165, 1.54) is 5.56 Å². The van der Waals surface area contributed by atoms with Crippen molar-refractivity contribution in [3.63, 3.8) is 0 Å². The highest BCUT2D eigenvalue weighted by Gasteiger charge is 2.18. The summed E-state index contributed by atoms with van der Waals surface area (Å²) in [5, 5.41) is 13.2. The van der Waals surface area contributed by atoms with Gasteiger partial charge in [-0.1, -0.05) is 6.07 Å². The van der Waals surface area contributed by atoms with Crippen LogP contribution in [0.1, 0.15) is 12.5 Å². The Labute approximate surface area is 102 Å². The molecule has 0 aromatic carbocycles. The molecule has 1 heterocycles. The zero-order chi connectivity index (χ0) is 11.9. The highest BCUT2D eigenvalue weighted by Crippen LogP contribution is 2.08. The van der Waals surface area contributed by atoms with Gasteiger partial charge in [0.05, 0.1) is 5.60 Å². The number of rotatable bonds is 7. The normalized spacial score (nSPS) is 14.7. The Morgan fingerprint density at radius 3 is 3.00 bits per heavy atom. The third-order valence-corrected chi connectivity index (χ3v) is 3.18. The van der Waals surface area contributed by atoms with E-state index in [0.717, 1.165) is 18.7 Å². The quantitative estimate of drug-likeness (QED) is 0.706. The summed E-state index contributed by atoms with van der Waals surface area (Å²) in [7, 11) is 0. The van der Waals surface area contributed by atoms with Gasteiger partial charge in [-0.05, 0) is 37.8 Å². The minimum atomic E-state index is -0.617. The number of pyridine rings is 1. The molecule has 0 aliphatic rings. The van der Waals surface area contributed by atoms with Crippen molar-refractivity contribution in [3.8, 4) is 0 Å². The Hall–Kier alpha value is -0.580. The molecule has 0 saturated heterocycles. The lowest BCUT2D eigenvalue weighted by Crippen LogP contribution is -2.40. The van der Waals surface area contributed by atoms with E-state index in [9.17, 15) is 5.11 Å². The van der Waals surface area contributed by atoms with Crippen molar-refractivity contribution in [2.45, 2.75) is 18.9 Å². The maximum absolute atomic E-state index is 9.92. The lowest BCUT2D eigenvalue weighted by molar-refractivity contribution is 0.0852. The first-order valence-electron chi connectivity index (χ1n) is 5.45. The molecule has 0 aliphatic carbocycles. The van der Waals surface area contributed by atoms with E-state index in [0.29, 0.717) is 6.54 Å². The van der Waals surface area contributed by atoms with Gasteiger partial charge in [0.2, 0.25) is 0 Å². The van der Waals surface area contributed by atoms with Gasteiger partial charge in [-0.3, -0.25) is 4.98 Å². The first-order valence-corrected chi connectivity index (χ1v) is 6.84. The molecule has 16 heavy (non-hydrogen) atoms. The molecule has 3 nitrogen and oxygen atoms in total. The smallest absolute Gasteiger partial charge is 0.0833 e. The summed E-state index contributed by atoms with van der Waals surface area (Å²) in [6.07, 6.45) is 6.61. The maximum atomic E-state index is 9.92. The summed E-state index contributed by atoms with van der Waals surface area (Å²) in [6, 6.07) is 4.01. The molecule has 0 aliphatic heterocycles. The summed E-state index contributed by atoms with van der Waals surface area (Å²) in [5.74, 6) is 0.757. The Morgan fingerprint density at radius 2 is 2.38 bits per heavy atom. The van der Waals surface area contributed by atoms with Crippen molar-refractivity contribution in [1.29, 1.82) is 0 Å². The van der Waals surface area contributed by atoms with Crippen LogP contribution in [0.2, 0.25) is 0 Å². The van der Waals surface area contributed by atoms with E-state index in [1.54, 1.807) is 18.0 Å². The minimum Gasteiger partial charge on any atom is -0.388 e.